The number of pyridine rings is 1. The van der Waals surface area contributed by atoms with Crippen molar-refractivity contribution in [3.05, 3.63) is 30.4 Å². The fourth-order valence-corrected chi connectivity index (χ4v) is 2.50. The van der Waals surface area contributed by atoms with Crippen LogP contribution < -0.4 is 15.8 Å². The summed E-state index contributed by atoms with van der Waals surface area (Å²) >= 11 is 0. The summed E-state index contributed by atoms with van der Waals surface area (Å²) in [5, 5.41) is 2.94. The lowest BCUT2D eigenvalue weighted by Crippen LogP contribution is -2.44. The van der Waals surface area contributed by atoms with Gasteiger partial charge in [0.1, 0.15) is 17.8 Å². The molecule has 0 radical (unpaired) electrons. The number of rotatable bonds is 4. The number of amides is 1. The van der Waals surface area contributed by atoms with Crippen LogP contribution in [0.15, 0.2) is 24.8 Å². The summed E-state index contributed by atoms with van der Waals surface area (Å²) in [7, 11) is 1.84. The van der Waals surface area contributed by atoms with Crippen molar-refractivity contribution in [1.82, 2.24) is 19.9 Å². The second-order valence-electron chi connectivity index (χ2n) is 5.53. The van der Waals surface area contributed by atoms with Gasteiger partial charge in [0.2, 0.25) is 5.88 Å². The maximum Gasteiger partial charge on any atom is 0.254 e. The lowest BCUT2D eigenvalue weighted by Gasteiger charge is -2.27. The number of primary amides is 1. The van der Waals surface area contributed by atoms with Gasteiger partial charge in [0, 0.05) is 31.5 Å². The molecule has 1 aliphatic heterocycles. The van der Waals surface area contributed by atoms with Gasteiger partial charge in [-0.1, -0.05) is 0 Å². The molecule has 8 heteroatoms. The fourth-order valence-electron chi connectivity index (χ4n) is 2.50. The summed E-state index contributed by atoms with van der Waals surface area (Å²) in [4.78, 5) is 20.1. The molecule has 1 saturated heterocycles. The Morgan fingerprint density at radius 1 is 1.52 bits per heavy atom. The van der Waals surface area contributed by atoms with Gasteiger partial charge in [-0.05, 0) is 19.0 Å². The monoisotopic (exact) mass is 319 g/mol. The van der Waals surface area contributed by atoms with E-state index in [-0.39, 0.29) is 18.0 Å². The third kappa shape index (κ3) is 3.31. The average molecular weight is 319 g/mol. The molecule has 1 fully saturated rings. The van der Waals surface area contributed by atoms with Crippen molar-refractivity contribution >= 4 is 5.91 Å². The molecule has 3 rings (SSSR count). The summed E-state index contributed by atoms with van der Waals surface area (Å²) < 4.78 is 21.3. The minimum Gasteiger partial charge on any atom is -0.471 e. The van der Waals surface area contributed by atoms with E-state index in [9.17, 15) is 9.18 Å². The van der Waals surface area contributed by atoms with E-state index in [1.807, 2.05) is 7.05 Å². The van der Waals surface area contributed by atoms with Crippen LogP contribution in [0, 0.1) is 0 Å². The fraction of sp³-hybridized carbons (Fsp3) is 0.400. The zero-order valence-corrected chi connectivity index (χ0v) is 12.7. The Kier molecular flexibility index (Phi) is 4.24. The maximum absolute atomic E-state index is 13.9. The van der Waals surface area contributed by atoms with Gasteiger partial charge < -0.3 is 20.4 Å². The number of carbonyl (C=O) groups excluding carboxylic acids is 1. The van der Waals surface area contributed by atoms with Crippen LogP contribution in [0.1, 0.15) is 16.8 Å². The summed E-state index contributed by atoms with van der Waals surface area (Å²) in [6, 6.07) is 1.57. The molecule has 0 unspecified atom stereocenters. The molecule has 0 saturated carbocycles. The Bertz CT molecular complexity index is 718. The van der Waals surface area contributed by atoms with E-state index in [1.54, 1.807) is 29.4 Å². The highest BCUT2D eigenvalue weighted by Crippen LogP contribution is 2.25. The average Bonchev–Trinajstić information content (AvgIpc) is 2.96. The van der Waals surface area contributed by atoms with Crippen LogP contribution in [0.4, 0.5) is 4.39 Å². The Labute approximate surface area is 132 Å². The third-order valence-electron chi connectivity index (χ3n) is 3.73. The van der Waals surface area contributed by atoms with E-state index in [0.29, 0.717) is 24.2 Å². The molecule has 3 N–H and O–H groups in total. The number of alkyl halides is 1. The van der Waals surface area contributed by atoms with Crippen LogP contribution in [0.25, 0.3) is 11.3 Å². The van der Waals surface area contributed by atoms with Gasteiger partial charge in [0.15, 0.2) is 0 Å². The number of hydrogen-bond donors (Lipinski definition) is 2. The first-order valence-electron chi connectivity index (χ1n) is 7.34. The first-order chi connectivity index (χ1) is 11.0. The van der Waals surface area contributed by atoms with Crippen LogP contribution >= 0.6 is 0 Å². The highest BCUT2D eigenvalue weighted by molar-refractivity contribution is 5.96. The third-order valence-corrected chi connectivity index (χ3v) is 3.73. The highest BCUT2D eigenvalue weighted by Gasteiger charge is 2.28. The van der Waals surface area contributed by atoms with Gasteiger partial charge in [-0.25, -0.2) is 14.4 Å². The molecular formula is C15H18FN5O2. The quantitative estimate of drug-likeness (QED) is 0.863. The van der Waals surface area contributed by atoms with E-state index in [1.165, 1.54) is 0 Å². The van der Waals surface area contributed by atoms with Crippen LogP contribution in [-0.4, -0.2) is 45.8 Å². The molecule has 0 aromatic carbocycles. The second-order valence-corrected chi connectivity index (χ2v) is 5.53. The number of nitrogens with one attached hydrogen (secondary N) is 1. The second kappa shape index (κ2) is 6.33. The van der Waals surface area contributed by atoms with Crippen molar-refractivity contribution in [3.63, 3.8) is 0 Å². The largest absolute Gasteiger partial charge is 0.471 e. The predicted molar refractivity (Wildman–Crippen MR) is 81.8 cm³/mol. The molecule has 1 aliphatic rings. The lowest BCUT2D eigenvalue weighted by atomic mass is 10.1. The summed E-state index contributed by atoms with van der Waals surface area (Å²) in [6.07, 6.45) is 3.70. The number of nitrogens with two attached hydrogens (primary N) is 1. The zero-order chi connectivity index (χ0) is 16.4. The summed E-state index contributed by atoms with van der Waals surface area (Å²) in [5.41, 5.74) is 6.85. The number of piperidine rings is 1. The molecule has 7 nitrogen and oxygen atoms in total. The van der Waals surface area contributed by atoms with Gasteiger partial charge in [0.05, 0.1) is 12.0 Å². The molecule has 23 heavy (non-hydrogen) atoms. The number of carbonyl (C=O) groups is 1. The normalized spacial score (nSPS) is 21.1. The van der Waals surface area contributed by atoms with Crippen molar-refractivity contribution in [2.45, 2.75) is 18.7 Å². The van der Waals surface area contributed by atoms with Crippen molar-refractivity contribution in [3.8, 4) is 17.1 Å². The number of halogens is 1. The standard InChI is InChI=1S/C15H18FN5O2/c1-21-7-12(20-8-21)9-4-10(14(17)22)15(19-5-9)23-13-2-3-18-6-11(13)16/h4-5,7-8,11,13,18H,2-3,6H2,1H3,(H2,17,22)/t11-,13-/m0/s1. The van der Waals surface area contributed by atoms with Crippen LogP contribution in [0.3, 0.4) is 0 Å². The van der Waals surface area contributed by atoms with Crippen molar-refractivity contribution in [2.75, 3.05) is 13.1 Å². The molecular weight excluding hydrogens is 301 g/mol. The molecule has 3 heterocycles. The lowest BCUT2D eigenvalue weighted by molar-refractivity contribution is 0.0676. The smallest absolute Gasteiger partial charge is 0.254 e. The zero-order valence-electron chi connectivity index (χ0n) is 12.7. The van der Waals surface area contributed by atoms with Crippen LogP contribution in [0.2, 0.25) is 0 Å². The number of aryl methyl sites for hydroxylation is 1. The maximum atomic E-state index is 13.9. The van der Waals surface area contributed by atoms with Crippen molar-refractivity contribution in [2.24, 2.45) is 12.8 Å². The van der Waals surface area contributed by atoms with Gasteiger partial charge in [0.25, 0.3) is 5.91 Å². The molecule has 2 aromatic heterocycles. The van der Waals surface area contributed by atoms with Crippen molar-refractivity contribution < 1.29 is 13.9 Å². The summed E-state index contributed by atoms with van der Waals surface area (Å²) in [5.74, 6) is -0.610. The molecule has 1 amide bonds. The Hall–Kier alpha value is -2.48. The molecule has 0 bridgehead atoms. The van der Waals surface area contributed by atoms with E-state index in [0.717, 1.165) is 0 Å². The van der Waals surface area contributed by atoms with Gasteiger partial charge in [-0.15, -0.1) is 0 Å². The molecule has 2 atom stereocenters. The van der Waals surface area contributed by atoms with Gasteiger partial charge in [-0.2, -0.15) is 0 Å². The first-order valence-corrected chi connectivity index (χ1v) is 7.34. The number of ether oxygens (including phenoxy) is 1. The van der Waals surface area contributed by atoms with E-state index < -0.39 is 18.2 Å². The molecule has 122 valence electrons. The molecule has 2 aromatic rings. The minimum absolute atomic E-state index is 0.0618. The summed E-state index contributed by atoms with van der Waals surface area (Å²) in [6.45, 7) is 0.881. The number of aromatic nitrogens is 3. The van der Waals surface area contributed by atoms with Crippen LogP contribution in [0.5, 0.6) is 5.88 Å². The SMILES string of the molecule is Cn1cnc(-c2cnc(O[C@H]3CCNC[C@@H]3F)c(C(N)=O)c2)c1. The van der Waals surface area contributed by atoms with E-state index >= 15 is 0 Å². The first kappa shape index (κ1) is 15.4. The van der Waals surface area contributed by atoms with Crippen molar-refractivity contribution in [1.29, 1.82) is 0 Å². The molecule has 0 spiro atoms. The number of imidazole rings is 1. The molecule has 0 aliphatic carbocycles. The Morgan fingerprint density at radius 3 is 3.00 bits per heavy atom. The number of nitrogens with zero attached hydrogens (tertiary/aromatic N) is 3. The van der Waals surface area contributed by atoms with E-state index in [4.69, 9.17) is 10.5 Å². The van der Waals surface area contributed by atoms with Gasteiger partial charge in [-0.3, -0.25) is 4.79 Å². The Balaban J connectivity index is 1.89. The topological polar surface area (TPSA) is 95.1 Å². The van der Waals surface area contributed by atoms with Gasteiger partial charge >= 0.3 is 0 Å². The predicted octanol–water partition coefficient (Wildman–Crippen LogP) is 0.660. The van der Waals surface area contributed by atoms with E-state index in [2.05, 4.69) is 15.3 Å². The minimum atomic E-state index is -1.15. The van der Waals surface area contributed by atoms with Crippen LogP contribution in [-0.2, 0) is 7.05 Å². The highest BCUT2D eigenvalue weighted by atomic mass is 19.1. The Morgan fingerprint density at radius 2 is 2.35 bits per heavy atom. The number of hydrogen-bond acceptors (Lipinski definition) is 5.